The Morgan fingerprint density at radius 3 is 2.50 bits per heavy atom. The number of hydrogen-bond donors (Lipinski definition) is 0. The molecule has 0 heterocycles. The second-order valence-corrected chi connectivity index (χ2v) is 4.52. The van der Waals surface area contributed by atoms with Gasteiger partial charge in [0, 0.05) is 6.42 Å². The zero-order valence-electron chi connectivity index (χ0n) is 10.5. The zero-order valence-corrected chi connectivity index (χ0v) is 10.5. The van der Waals surface area contributed by atoms with Crippen LogP contribution in [-0.2, 0) is 14.3 Å². The van der Waals surface area contributed by atoms with Crippen molar-refractivity contribution in [2.45, 2.75) is 40.0 Å². The molecule has 0 N–H and O–H groups in total. The van der Waals surface area contributed by atoms with Crippen molar-refractivity contribution in [1.82, 2.24) is 0 Å². The average molecular weight is 224 g/mol. The molecule has 0 amide bonds. The van der Waals surface area contributed by atoms with Crippen LogP contribution in [0, 0.1) is 5.41 Å². The molecule has 0 fully saturated rings. The number of carbonyl (C=O) groups excluding carboxylic acids is 2. The molecule has 3 nitrogen and oxygen atoms in total. The van der Waals surface area contributed by atoms with Crippen LogP contribution >= 0.6 is 0 Å². The highest BCUT2D eigenvalue weighted by Gasteiger charge is 2.13. The molecular formula is C13H20O3. The summed E-state index contributed by atoms with van der Waals surface area (Å²) in [6.45, 7) is 5.69. The Morgan fingerprint density at radius 1 is 1.38 bits per heavy atom. The largest absolute Gasteiger partial charge is 0.465 e. The summed E-state index contributed by atoms with van der Waals surface area (Å²) >= 11 is 0. The second kappa shape index (κ2) is 7.02. The summed E-state index contributed by atoms with van der Waals surface area (Å²) in [6, 6.07) is 0. The standard InChI is InChI=1S/C13H20O3/c1-11(14)7-5-9-13(2,3)10-6-8-12(15)16-4/h8,10H,5,7,9H2,1-4H3. The van der Waals surface area contributed by atoms with E-state index < -0.39 is 5.97 Å². The van der Waals surface area contributed by atoms with Crippen LogP contribution in [0.1, 0.15) is 40.0 Å². The van der Waals surface area contributed by atoms with Gasteiger partial charge < -0.3 is 9.53 Å². The highest BCUT2D eigenvalue weighted by Crippen LogP contribution is 2.24. The maximum absolute atomic E-state index is 10.8. The Labute approximate surface area is 97.2 Å². The van der Waals surface area contributed by atoms with Crippen molar-refractivity contribution >= 4 is 11.8 Å². The van der Waals surface area contributed by atoms with Crippen LogP contribution in [-0.4, -0.2) is 18.9 Å². The quantitative estimate of drug-likeness (QED) is 0.396. The summed E-state index contributed by atoms with van der Waals surface area (Å²) < 4.78 is 4.46. The molecule has 0 rings (SSSR count). The zero-order chi connectivity index (χ0) is 12.6. The number of esters is 1. The van der Waals surface area contributed by atoms with Gasteiger partial charge in [-0.3, -0.25) is 0 Å². The van der Waals surface area contributed by atoms with Crippen LogP contribution in [0.4, 0.5) is 0 Å². The van der Waals surface area contributed by atoms with Gasteiger partial charge in [0.2, 0.25) is 0 Å². The van der Waals surface area contributed by atoms with Gasteiger partial charge in [0.15, 0.2) is 0 Å². The molecule has 0 aliphatic heterocycles. The first-order chi connectivity index (χ1) is 7.37. The fourth-order valence-corrected chi connectivity index (χ4v) is 1.26. The van der Waals surface area contributed by atoms with Crippen molar-refractivity contribution in [2.24, 2.45) is 5.41 Å². The van der Waals surface area contributed by atoms with Gasteiger partial charge in [0.05, 0.1) is 13.2 Å². The molecule has 0 aromatic heterocycles. The fraction of sp³-hybridized carbons (Fsp3) is 0.615. The summed E-state index contributed by atoms with van der Waals surface area (Å²) in [4.78, 5) is 21.6. The fourth-order valence-electron chi connectivity index (χ4n) is 1.26. The lowest BCUT2D eigenvalue weighted by molar-refractivity contribution is -0.134. The van der Waals surface area contributed by atoms with Gasteiger partial charge in [-0.2, -0.15) is 0 Å². The number of hydrogen-bond acceptors (Lipinski definition) is 3. The Balaban J connectivity index is 4.17. The molecule has 0 saturated heterocycles. The highest BCUT2D eigenvalue weighted by atomic mass is 16.5. The summed E-state index contributed by atoms with van der Waals surface area (Å²) in [6.07, 6.45) is 5.47. The molecule has 0 unspecified atom stereocenters. The van der Waals surface area contributed by atoms with E-state index in [1.54, 1.807) is 6.92 Å². The summed E-state index contributed by atoms with van der Waals surface area (Å²) in [5.41, 5.74) is 2.75. The minimum atomic E-state index is -0.407. The summed E-state index contributed by atoms with van der Waals surface area (Å²) in [7, 11) is 1.33. The highest BCUT2D eigenvalue weighted by molar-refractivity contribution is 5.81. The van der Waals surface area contributed by atoms with Gasteiger partial charge in [-0.25, -0.2) is 4.79 Å². The molecule has 0 aliphatic rings. The number of rotatable bonds is 6. The first kappa shape index (κ1) is 14.7. The van der Waals surface area contributed by atoms with E-state index in [2.05, 4.69) is 10.5 Å². The molecule has 0 radical (unpaired) electrons. The van der Waals surface area contributed by atoms with E-state index in [0.29, 0.717) is 6.42 Å². The molecule has 16 heavy (non-hydrogen) atoms. The predicted molar refractivity (Wildman–Crippen MR) is 63.0 cm³/mol. The van der Waals surface area contributed by atoms with Gasteiger partial charge in [-0.1, -0.05) is 13.8 Å². The first-order valence-corrected chi connectivity index (χ1v) is 5.38. The number of methoxy groups -OCH3 is 1. The van der Waals surface area contributed by atoms with Gasteiger partial charge in [0.25, 0.3) is 0 Å². The Morgan fingerprint density at radius 2 is 2.00 bits per heavy atom. The van der Waals surface area contributed by atoms with E-state index in [4.69, 9.17) is 0 Å². The van der Waals surface area contributed by atoms with E-state index in [1.165, 1.54) is 13.2 Å². The Hall–Kier alpha value is -1.34. The molecule has 0 aliphatic carbocycles. The number of carbonyl (C=O) groups is 2. The molecule has 0 aromatic carbocycles. The lowest BCUT2D eigenvalue weighted by Crippen LogP contribution is -2.07. The van der Waals surface area contributed by atoms with E-state index in [1.807, 2.05) is 19.9 Å². The third-order valence-electron chi connectivity index (χ3n) is 2.23. The third kappa shape index (κ3) is 8.01. The monoisotopic (exact) mass is 224 g/mol. The summed E-state index contributed by atoms with van der Waals surface area (Å²) in [5, 5.41) is 0. The number of ketones is 1. The first-order valence-electron chi connectivity index (χ1n) is 5.38. The van der Waals surface area contributed by atoms with Gasteiger partial charge in [-0.05, 0) is 31.3 Å². The molecule has 90 valence electrons. The van der Waals surface area contributed by atoms with Crippen LogP contribution in [0.2, 0.25) is 0 Å². The van der Waals surface area contributed by atoms with Crippen molar-refractivity contribution in [3.05, 3.63) is 17.9 Å². The van der Waals surface area contributed by atoms with Crippen molar-refractivity contribution in [3.8, 4) is 0 Å². The molecule has 0 aromatic rings. The molecule has 0 spiro atoms. The van der Waals surface area contributed by atoms with Crippen LogP contribution in [0.5, 0.6) is 0 Å². The molecule has 0 atom stereocenters. The number of Topliss-reactive ketones (excluding diaryl/α,β-unsaturated/α-hetero) is 1. The van der Waals surface area contributed by atoms with E-state index >= 15 is 0 Å². The molecule has 3 heteroatoms. The van der Waals surface area contributed by atoms with E-state index in [9.17, 15) is 9.59 Å². The molecule has 0 saturated carbocycles. The Kier molecular flexibility index (Phi) is 6.43. The van der Waals surface area contributed by atoms with Crippen LogP contribution < -0.4 is 0 Å². The maximum Gasteiger partial charge on any atom is 0.338 e. The SMILES string of the molecule is COC(=O)C=C=CC(C)(C)CCCC(C)=O. The van der Waals surface area contributed by atoms with Gasteiger partial charge in [-0.15, -0.1) is 5.73 Å². The predicted octanol–water partition coefficient (Wildman–Crippen LogP) is 2.66. The van der Waals surface area contributed by atoms with Crippen molar-refractivity contribution in [2.75, 3.05) is 7.11 Å². The normalized spacial score (nSPS) is 10.2. The van der Waals surface area contributed by atoms with Gasteiger partial charge in [0.1, 0.15) is 5.78 Å². The second-order valence-electron chi connectivity index (χ2n) is 4.52. The van der Waals surface area contributed by atoms with Crippen LogP contribution in [0.15, 0.2) is 17.9 Å². The minimum absolute atomic E-state index is 0.0556. The topological polar surface area (TPSA) is 43.4 Å². The van der Waals surface area contributed by atoms with Crippen molar-refractivity contribution in [3.63, 3.8) is 0 Å². The minimum Gasteiger partial charge on any atom is -0.465 e. The maximum atomic E-state index is 10.8. The van der Waals surface area contributed by atoms with Crippen LogP contribution in [0.3, 0.4) is 0 Å². The lowest BCUT2D eigenvalue weighted by Gasteiger charge is -2.18. The van der Waals surface area contributed by atoms with Gasteiger partial charge >= 0.3 is 5.97 Å². The average Bonchev–Trinajstić information content (AvgIpc) is 2.16. The third-order valence-corrected chi connectivity index (χ3v) is 2.23. The van der Waals surface area contributed by atoms with Crippen molar-refractivity contribution in [1.29, 1.82) is 0 Å². The Bertz CT molecular complexity index is 307. The molecular weight excluding hydrogens is 204 g/mol. The van der Waals surface area contributed by atoms with E-state index in [-0.39, 0.29) is 11.2 Å². The number of ether oxygens (including phenoxy) is 1. The lowest BCUT2D eigenvalue weighted by atomic mass is 9.87. The van der Waals surface area contributed by atoms with E-state index in [0.717, 1.165) is 12.8 Å². The molecule has 0 bridgehead atoms. The van der Waals surface area contributed by atoms with Crippen molar-refractivity contribution < 1.29 is 14.3 Å². The summed E-state index contributed by atoms with van der Waals surface area (Å²) in [5.74, 6) is -0.194. The smallest absolute Gasteiger partial charge is 0.338 e. The van der Waals surface area contributed by atoms with Crippen LogP contribution in [0.25, 0.3) is 0 Å².